The Bertz CT molecular complexity index is 771. The van der Waals surface area contributed by atoms with Crippen molar-refractivity contribution in [3.8, 4) is 0 Å². The highest BCUT2D eigenvalue weighted by molar-refractivity contribution is 7.80. The number of carbonyl (C=O) groups excluding carboxylic acids is 1. The number of aryl methyl sites for hydroxylation is 1. The van der Waals surface area contributed by atoms with Crippen molar-refractivity contribution in [2.24, 2.45) is 5.10 Å². The molecule has 1 unspecified atom stereocenters. The van der Waals surface area contributed by atoms with Crippen molar-refractivity contribution in [3.05, 3.63) is 65.2 Å². The molecule has 0 saturated carbocycles. The third-order valence-corrected chi connectivity index (χ3v) is 4.26. The highest BCUT2D eigenvalue weighted by atomic mass is 32.1. The van der Waals surface area contributed by atoms with Crippen molar-refractivity contribution < 1.29 is 4.79 Å². The molecule has 1 heterocycles. The van der Waals surface area contributed by atoms with Crippen LogP contribution in [0, 0.1) is 6.92 Å². The first kappa shape index (κ1) is 20.0. The molecule has 2 aromatic carbocycles. The van der Waals surface area contributed by atoms with Gasteiger partial charge in [-0.1, -0.05) is 50.2 Å². The Morgan fingerprint density at radius 2 is 1.81 bits per heavy atom. The van der Waals surface area contributed by atoms with Crippen LogP contribution in [0.5, 0.6) is 0 Å². The first-order chi connectivity index (χ1) is 12.5. The van der Waals surface area contributed by atoms with Crippen LogP contribution in [0.1, 0.15) is 49.4 Å². The van der Waals surface area contributed by atoms with Gasteiger partial charge in [-0.25, -0.2) is 5.01 Å². The maximum atomic E-state index is 12.3. The number of carbonyl (C=O) groups is 1. The van der Waals surface area contributed by atoms with Crippen molar-refractivity contribution in [2.45, 2.75) is 39.7 Å². The summed E-state index contributed by atoms with van der Waals surface area (Å²) in [5.41, 5.74) is 10.8. The number of hydrogen-bond donors (Lipinski definition) is 2. The highest BCUT2D eigenvalue weighted by Crippen LogP contribution is 2.34. The van der Waals surface area contributed by atoms with Crippen LogP contribution >= 0.6 is 12.6 Å². The fraction of sp³-hybridized carbons (Fsp3) is 0.333. The van der Waals surface area contributed by atoms with Crippen LogP contribution in [-0.4, -0.2) is 22.4 Å². The summed E-state index contributed by atoms with van der Waals surface area (Å²) in [5, 5.41) is 6.26. The van der Waals surface area contributed by atoms with Crippen molar-refractivity contribution in [1.29, 1.82) is 0 Å². The summed E-state index contributed by atoms with van der Waals surface area (Å²) < 4.78 is 0. The first-order valence-corrected chi connectivity index (χ1v) is 9.56. The summed E-state index contributed by atoms with van der Waals surface area (Å²) in [4.78, 5) is 12.3. The standard InChI is InChI=1S/C19H21N3O.C2H6S/c1-3-19(23)22-18(16-7-5-4-6-13(16)2)12-17(21-22)14-8-10-15(20)11-9-14;1-2-3/h4-11,18H,3,12,20H2,1-2H3;3H,2H2,1H3. The summed E-state index contributed by atoms with van der Waals surface area (Å²) in [5.74, 6) is 0.990. The lowest BCUT2D eigenvalue weighted by molar-refractivity contribution is -0.132. The molecule has 2 N–H and O–H groups in total. The maximum absolute atomic E-state index is 12.3. The van der Waals surface area contributed by atoms with E-state index in [1.807, 2.05) is 50.2 Å². The van der Waals surface area contributed by atoms with Gasteiger partial charge in [-0.15, -0.1) is 0 Å². The number of benzene rings is 2. The van der Waals surface area contributed by atoms with Gasteiger partial charge in [-0.2, -0.15) is 17.7 Å². The SMILES string of the molecule is CCC(=O)N1N=C(c2ccc(N)cc2)CC1c1ccccc1C.CCS. The van der Waals surface area contributed by atoms with Crippen molar-refractivity contribution in [1.82, 2.24) is 5.01 Å². The van der Waals surface area contributed by atoms with Gasteiger partial charge in [-0.3, -0.25) is 4.79 Å². The van der Waals surface area contributed by atoms with Crippen LogP contribution in [0.25, 0.3) is 0 Å². The van der Waals surface area contributed by atoms with Crippen LogP contribution in [0.2, 0.25) is 0 Å². The Morgan fingerprint density at radius 3 is 2.38 bits per heavy atom. The largest absolute Gasteiger partial charge is 0.399 e. The van der Waals surface area contributed by atoms with Gasteiger partial charge in [0.15, 0.2) is 0 Å². The van der Waals surface area contributed by atoms with Gasteiger partial charge in [0, 0.05) is 18.5 Å². The molecule has 0 fully saturated rings. The number of nitrogen functional groups attached to an aromatic ring is 1. The minimum Gasteiger partial charge on any atom is -0.399 e. The molecule has 0 aromatic heterocycles. The van der Waals surface area contributed by atoms with Gasteiger partial charge in [0.1, 0.15) is 0 Å². The third kappa shape index (κ3) is 4.67. The summed E-state index contributed by atoms with van der Waals surface area (Å²) in [6.45, 7) is 5.93. The average molecular weight is 370 g/mol. The van der Waals surface area contributed by atoms with Gasteiger partial charge < -0.3 is 5.73 Å². The molecule has 1 atom stereocenters. The lowest BCUT2D eigenvalue weighted by Crippen LogP contribution is -2.26. The van der Waals surface area contributed by atoms with E-state index < -0.39 is 0 Å². The van der Waals surface area contributed by atoms with Crippen molar-refractivity contribution in [3.63, 3.8) is 0 Å². The maximum Gasteiger partial charge on any atom is 0.242 e. The number of nitrogens with two attached hydrogens (primary N) is 1. The van der Waals surface area contributed by atoms with Crippen LogP contribution < -0.4 is 5.73 Å². The molecular weight excluding hydrogens is 342 g/mol. The molecule has 1 aliphatic rings. The molecule has 0 aliphatic carbocycles. The third-order valence-electron chi connectivity index (χ3n) is 4.26. The molecule has 2 aromatic rings. The number of rotatable bonds is 3. The molecule has 0 bridgehead atoms. The Labute approximate surface area is 161 Å². The van der Waals surface area contributed by atoms with Crippen LogP contribution in [0.4, 0.5) is 5.69 Å². The minimum absolute atomic E-state index is 0.0313. The molecule has 0 spiro atoms. The first-order valence-electron chi connectivity index (χ1n) is 8.93. The summed E-state index contributed by atoms with van der Waals surface area (Å²) >= 11 is 3.79. The molecule has 3 rings (SSSR count). The lowest BCUT2D eigenvalue weighted by Gasteiger charge is -2.23. The Balaban J connectivity index is 0.000000758. The summed E-state index contributed by atoms with van der Waals surface area (Å²) in [6.07, 6.45) is 1.17. The normalized spacial score (nSPS) is 15.9. The van der Waals surface area contributed by atoms with E-state index in [2.05, 4.69) is 36.8 Å². The molecule has 5 heteroatoms. The molecule has 26 heavy (non-hydrogen) atoms. The second kappa shape index (κ2) is 9.43. The van der Waals surface area contributed by atoms with E-state index in [0.717, 1.165) is 34.7 Å². The van der Waals surface area contributed by atoms with Gasteiger partial charge >= 0.3 is 0 Å². The molecule has 1 amide bonds. The predicted molar refractivity (Wildman–Crippen MR) is 113 cm³/mol. The highest BCUT2D eigenvalue weighted by Gasteiger charge is 2.32. The number of hydrogen-bond acceptors (Lipinski definition) is 4. The van der Waals surface area contributed by atoms with E-state index >= 15 is 0 Å². The van der Waals surface area contributed by atoms with Crippen molar-refractivity contribution >= 4 is 29.9 Å². The van der Waals surface area contributed by atoms with Crippen molar-refractivity contribution in [2.75, 3.05) is 11.5 Å². The lowest BCUT2D eigenvalue weighted by atomic mass is 9.95. The fourth-order valence-corrected chi connectivity index (χ4v) is 2.96. The van der Waals surface area contributed by atoms with Gasteiger partial charge in [0.05, 0.1) is 11.8 Å². The van der Waals surface area contributed by atoms with E-state index in [4.69, 9.17) is 5.73 Å². The molecule has 0 saturated heterocycles. The average Bonchev–Trinajstić information content (AvgIpc) is 3.08. The number of thiol groups is 1. The van der Waals surface area contributed by atoms with Gasteiger partial charge in [0.25, 0.3) is 0 Å². The zero-order valence-electron chi connectivity index (χ0n) is 15.6. The van der Waals surface area contributed by atoms with E-state index in [9.17, 15) is 4.79 Å². The minimum atomic E-state index is -0.0313. The van der Waals surface area contributed by atoms with E-state index in [-0.39, 0.29) is 11.9 Å². The van der Waals surface area contributed by atoms with E-state index in [1.54, 1.807) is 5.01 Å². The monoisotopic (exact) mass is 369 g/mol. The molecule has 0 radical (unpaired) electrons. The van der Waals surface area contributed by atoms with Crippen LogP contribution in [-0.2, 0) is 4.79 Å². The molecular formula is C21H27N3OS. The quantitative estimate of drug-likeness (QED) is 0.613. The second-order valence-corrected chi connectivity index (χ2v) is 6.79. The number of amides is 1. The van der Waals surface area contributed by atoms with E-state index in [0.29, 0.717) is 6.42 Å². The topological polar surface area (TPSA) is 58.7 Å². The number of nitrogens with zero attached hydrogens (tertiary/aromatic N) is 2. The summed E-state index contributed by atoms with van der Waals surface area (Å²) in [7, 11) is 0. The second-order valence-electron chi connectivity index (χ2n) is 6.15. The smallest absolute Gasteiger partial charge is 0.242 e. The fourth-order valence-electron chi connectivity index (χ4n) is 2.96. The number of hydrazone groups is 1. The molecule has 1 aliphatic heterocycles. The van der Waals surface area contributed by atoms with Crippen LogP contribution in [0.3, 0.4) is 0 Å². The zero-order chi connectivity index (χ0) is 19.1. The predicted octanol–water partition coefficient (Wildman–Crippen LogP) is 4.60. The molecule has 4 nitrogen and oxygen atoms in total. The zero-order valence-corrected chi connectivity index (χ0v) is 16.5. The van der Waals surface area contributed by atoms with E-state index in [1.165, 1.54) is 5.56 Å². The number of anilines is 1. The van der Waals surface area contributed by atoms with Gasteiger partial charge in [-0.05, 0) is 41.5 Å². The Morgan fingerprint density at radius 1 is 1.19 bits per heavy atom. The van der Waals surface area contributed by atoms with Gasteiger partial charge in [0.2, 0.25) is 5.91 Å². The summed E-state index contributed by atoms with van der Waals surface area (Å²) in [6, 6.07) is 15.8. The molecule has 138 valence electrons. The van der Waals surface area contributed by atoms with Crippen LogP contribution in [0.15, 0.2) is 53.6 Å². The Kier molecular flexibility index (Phi) is 7.27. The Hall–Kier alpha value is -2.27.